The molecule has 1 aliphatic rings. The fourth-order valence-electron chi connectivity index (χ4n) is 2.68. The number of ether oxygens (including phenoxy) is 1. The predicted molar refractivity (Wildman–Crippen MR) is 92.0 cm³/mol. The lowest BCUT2D eigenvalue weighted by Gasteiger charge is -2.16. The van der Waals surface area contributed by atoms with Gasteiger partial charge in [0.2, 0.25) is 0 Å². The van der Waals surface area contributed by atoms with E-state index in [2.05, 4.69) is 20.2 Å². The molecule has 1 N–H and O–H groups in total. The van der Waals surface area contributed by atoms with E-state index < -0.39 is 0 Å². The summed E-state index contributed by atoms with van der Waals surface area (Å²) in [5.74, 6) is 2.05. The molecule has 1 fully saturated rings. The number of nitrogens with zero attached hydrogens (tertiary/aromatic N) is 3. The normalized spacial score (nSPS) is 13.8. The van der Waals surface area contributed by atoms with E-state index in [-0.39, 0.29) is 12.5 Å². The van der Waals surface area contributed by atoms with Crippen molar-refractivity contribution < 1.29 is 9.53 Å². The molecule has 126 valence electrons. The number of amides is 1. The molecular formula is C18H22N4O2. The zero-order chi connectivity index (χ0) is 16.8. The summed E-state index contributed by atoms with van der Waals surface area (Å²) in [4.78, 5) is 22.9. The number of carbonyl (C=O) groups is 1. The van der Waals surface area contributed by atoms with E-state index in [4.69, 9.17) is 4.74 Å². The van der Waals surface area contributed by atoms with Crippen LogP contribution in [0.5, 0.6) is 5.75 Å². The summed E-state index contributed by atoms with van der Waals surface area (Å²) in [6.45, 7) is 4.34. The summed E-state index contributed by atoms with van der Waals surface area (Å²) in [5.41, 5.74) is 1.10. The molecule has 1 aliphatic heterocycles. The number of nitrogens with one attached hydrogen (secondary N) is 1. The van der Waals surface area contributed by atoms with E-state index in [9.17, 15) is 4.79 Å². The maximum Gasteiger partial charge on any atom is 0.258 e. The van der Waals surface area contributed by atoms with Gasteiger partial charge in [-0.3, -0.25) is 4.79 Å². The first kappa shape index (κ1) is 16.2. The summed E-state index contributed by atoms with van der Waals surface area (Å²) in [6.07, 6.45) is 4.14. The van der Waals surface area contributed by atoms with Crippen molar-refractivity contribution in [3.63, 3.8) is 0 Å². The second-order valence-corrected chi connectivity index (χ2v) is 5.91. The van der Waals surface area contributed by atoms with Gasteiger partial charge in [0.1, 0.15) is 17.4 Å². The number of hydrogen-bond acceptors (Lipinski definition) is 5. The van der Waals surface area contributed by atoms with Crippen molar-refractivity contribution in [1.82, 2.24) is 15.3 Å². The Labute approximate surface area is 141 Å². The van der Waals surface area contributed by atoms with Crippen LogP contribution < -0.4 is 15.0 Å². The van der Waals surface area contributed by atoms with E-state index in [0.29, 0.717) is 18.1 Å². The molecule has 6 heteroatoms. The summed E-state index contributed by atoms with van der Waals surface area (Å²) in [6, 6.07) is 9.54. The third-order valence-corrected chi connectivity index (χ3v) is 3.92. The molecule has 0 radical (unpaired) electrons. The maximum absolute atomic E-state index is 11.9. The first-order chi connectivity index (χ1) is 11.7. The van der Waals surface area contributed by atoms with Gasteiger partial charge in [-0.15, -0.1) is 0 Å². The van der Waals surface area contributed by atoms with Crippen molar-refractivity contribution in [3.05, 3.63) is 47.9 Å². The molecular weight excluding hydrogens is 304 g/mol. The van der Waals surface area contributed by atoms with Crippen LogP contribution in [0.25, 0.3) is 0 Å². The fourth-order valence-corrected chi connectivity index (χ4v) is 2.68. The lowest BCUT2D eigenvalue weighted by Crippen LogP contribution is -2.29. The first-order valence-corrected chi connectivity index (χ1v) is 8.24. The lowest BCUT2D eigenvalue weighted by molar-refractivity contribution is -0.123. The SMILES string of the molecule is Cc1cccc(OCC(=O)NCc2nccc(N3CCCC3)n2)c1. The van der Waals surface area contributed by atoms with Crippen LogP contribution in [0, 0.1) is 6.92 Å². The zero-order valence-electron chi connectivity index (χ0n) is 13.9. The molecule has 24 heavy (non-hydrogen) atoms. The highest BCUT2D eigenvalue weighted by Gasteiger charge is 2.14. The highest BCUT2D eigenvalue weighted by molar-refractivity contribution is 5.77. The van der Waals surface area contributed by atoms with Crippen molar-refractivity contribution in [3.8, 4) is 5.75 Å². The number of hydrogen-bond donors (Lipinski definition) is 1. The van der Waals surface area contributed by atoms with E-state index >= 15 is 0 Å². The third kappa shape index (κ3) is 4.44. The summed E-state index contributed by atoms with van der Waals surface area (Å²) < 4.78 is 5.48. The fraction of sp³-hybridized carbons (Fsp3) is 0.389. The quantitative estimate of drug-likeness (QED) is 0.880. The van der Waals surface area contributed by atoms with Gasteiger partial charge < -0.3 is 15.0 Å². The van der Waals surface area contributed by atoms with Gasteiger partial charge >= 0.3 is 0 Å². The zero-order valence-corrected chi connectivity index (χ0v) is 13.9. The molecule has 2 heterocycles. The molecule has 0 atom stereocenters. The van der Waals surface area contributed by atoms with Gasteiger partial charge in [0.05, 0.1) is 6.54 Å². The number of benzene rings is 1. The minimum absolute atomic E-state index is 0.0186. The minimum atomic E-state index is -0.188. The molecule has 3 rings (SSSR count). The van der Waals surface area contributed by atoms with Gasteiger partial charge in [0.25, 0.3) is 5.91 Å². The first-order valence-electron chi connectivity index (χ1n) is 8.24. The molecule has 0 aliphatic carbocycles. The highest BCUT2D eigenvalue weighted by Crippen LogP contribution is 2.16. The molecule has 0 unspecified atom stereocenters. The molecule has 1 amide bonds. The van der Waals surface area contributed by atoms with Crippen LogP contribution in [0.4, 0.5) is 5.82 Å². The molecule has 1 aromatic heterocycles. The Kier molecular flexibility index (Phi) is 5.25. The summed E-state index contributed by atoms with van der Waals surface area (Å²) in [5, 5.41) is 2.79. The molecule has 1 aromatic carbocycles. The van der Waals surface area contributed by atoms with Crippen LogP contribution in [-0.4, -0.2) is 35.6 Å². The number of aryl methyl sites for hydroxylation is 1. The molecule has 0 bridgehead atoms. The van der Waals surface area contributed by atoms with E-state index in [0.717, 1.165) is 24.5 Å². The van der Waals surface area contributed by atoms with Crippen LogP contribution in [0.3, 0.4) is 0 Å². The number of rotatable bonds is 6. The smallest absolute Gasteiger partial charge is 0.258 e. The van der Waals surface area contributed by atoms with Crippen molar-refractivity contribution in [2.75, 3.05) is 24.6 Å². The summed E-state index contributed by atoms with van der Waals surface area (Å²) >= 11 is 0. The van der Waals surface area contributed by atoms with Gasteiger partial charge in [0, 0.05) is 19.3 Å². The monoisotopic (exact) mass is 326 g/mol. The standard InChI is InChI=1S/C18H22N4O2/c1-14-5-4-6-15(11-14)24-13-18(23)20-12-16-19-8-7-17(21-16)22-9-2-3-10-22/h4-8,11H,2-3,9-10,12-13H2,1H3,(H,20,23). The molecule has 1 saturated heterocycles. The van der Waals surface area contributed by atoms with Crippen LogP contribution in [0.2, 0.25) is 0 Å². The van der Waals surface area contributed by atoms with Crippen LogP contribution in [0.1, 0.15) is 24.2 Å². The maximum atomic E-state index is 11.9. The molecule has 0 spiro atoms. The number of aromatic nitrogens is 2. The van der Waals surface area contributed by atoms with Crippen molar-refractivity contribution in [1.29, 1.82) is 0 Å². The Morgan fingerprint density at radius 3 is 2.92 bits per heavy atom. The van der Waals surface area contributed by atoms with Gasteiger partial charge in [-0.2, -0.15) is 0 Å². The van der Waals surface area contributed by atoms with Crippen molar-refractivity contribution >= 4 is 11.7 Å². The van der Waals surface area contributed by atoms with E-state index in [1.54, 1.807) is 6.20 Å². The highest BCUT2D eigenvalue weighted by atomic mass is 16.5. The number of anilines is 1. The molecule has 2 aromatic rings. The van der Waals surface area contributed by atoms with Crippen LogP contribution in [0.15, 0.2) is 36.5 Å². The molecule has 6 nitrogen and oxygen atoms in total. The average Bonchev–Trinajstić information content (AvgIpc) is 3.13. The Morgan fingerprint density at radius 2 is 2.12 bits per heavy atom. The Balaban J connectivity index is 1.48. The largest absolute Gasteiger partial charge is 0.484 e. The van der Waals surface area contributed by atoms with Crippen molar-refractivity contribution in [2.45, 2.75) is 26.3 Å². The van der Waals surface area contributed by atoms with E-state index in [1.165, 1.54) is 12.8 Å². The Bertz CT molecular complexity index is 699. The third-order valence-electron chi connectivity index (χ3n) is 3.92. The average molecular weight is 326 g/mol. The Morgan fingerprint density at radius 1 is 1.29 bits per heavy atom. The van der Waals surface area contributed by atoms with E-state index in [1.807, 2.05) is 37.3 Å². The van der Waals surface area contributed by atoms with Crippen LogP contribution >= 0.6 is 0 Å². The van der Waals surface area contributed by atoms with Gasteiger partial charge in [0.15, 0.2) is 6.61 Å². The lowest BCUT2D eigenvalue weighted by atomic mass is 10.2. The number of carbonyl (C=O) groups excluding carboxylic acids is 1. The minimum Gasteiger partial charge on any atom is -0.484 e. The second-order valence-electron chi connectivity index (χ2n) is 5.91. The predicted octanol–water partition coefficient (Wildman–Crippen LogP) is 2.08. The second kappa shape index (κ2) is 7.77. The van der Waals surface area contributed by atoms with Crippen molar-refractivity contribution in [2.24, 2.45) is 0 Å². The topological polar surface area (TPSA) is 67.3 Å². The van der Waals surface area contributed by atoms with Gasteiger partial charge in [-0.05, 0) is 43.5 Å². The van der Waals surface area contributed by atoms with Gasteiger partial charge in [-0.25, -0.2) is 9.97 Å². The molecule has 0 saturated carbocycles. The Hall–Kier alpha value is -2.63. The van der Waals surface area contributed by atoms with Crippen LogP contribution in [-0.2, 0) is 11.3 Å². The van der Waals surface area contributed by atoms with Gasteiger partial charge in [-0.1, -0.05) is 12.1 Å². The summed E-state index contributed by atoms with van der Waals surface area (Å²) in [7, 11) is 0.